The molecule has 20 heavy (non-hydrogen) atoms. The van der Waals surface area contributed by atoms with Crippen LogP contribution in [0.2, 0.25) is 0 Å². The summed E-state index contributed by atoms with van der Waals surface area (Å²) in [4.78, 5) is 15.0. The molecule has 0 aliphatic rings. The molecule has 1 aromatic rings. The van der Waals surface area contributed by atoms with Gasteiger partial charge in [0.2, 0.25) is 5.91 Å². The molecule has 1 rings (SSSR count). The molecule has 1 aromatic carbocycles. The van der Waals surface area contributed by atoms with E-state index in [1.54, 1.807) is 20.2 Å². The molecule has 0 spiro atoms. The Labute approximate surface area is 119 Å². The van der Waals surface area contributed by atoms with Gasteiger partial charge in [-0.15, -0.1) is 0 Å². The second kappa shape index (κ2) is 7.63. The number of rotatable bonds is 4. The number of nitrogens with zero attached hydrogens (tertiary/aromatic N) is 2. The summed E-state index contributed by atoms with van der Waals surface area (Å²) in [5.41, 5.74) is 6.82. The smallest absolute Gasteiger partial charge is 0.236 e. The minimum absolute atomic E-state index is 0.0178. The van der Waals surface area contributed by atoms with E-state index in [1.807, 2.05) is 11.9 Å². The van der Waals surface area contributed by atoms with Gasteiger partial charge in [0.25, 0.3) is 0 Å². The summed E-state index contributed by atoms with van der Waals surface area (Å²) in [5.74, 6) is 5.27. The molecule has 0 saturated carbocycles. The van der Waals surface area contributed by atoms with Crippen LogP contribution in [-0.2, 0) is 11.3 Å². The van der Waals surface area contributed by atoms with Gasteiger partial charge in [-0.3, -0.25) is 9.69 Å². The van der Waals surface area contributed by atoms with Crippen molar-refractivity contribution in [1.29, 1.82) is 0 Å². The molecule has 0 atom stereocenters. The van der Waals surface area contributed by atoms with Crippen LogP contribution in [0.25, 0.3) is 0 Å². The molecule has 0 radical (unpaired) electrons. The van der Waals surface area contributed by atoms with Crippen molar-refractivity contribution in [3.63, 3.8) is 0 Å². The van der Waals surface area contributed by atoms with Crippen molar-refractivity contribution in [2.24, 2.45) is 5.73 Å². The molecule has 0 heterocycles. The molecule has 0 unspecified atom stereocenters. The van der Waals surface area contributed by atoms with Gasteiger partial charge < -0.3 is 10.6 Å². The summed E-state index contributed by atoms with van der Waals surface area (Å²) >= 11 is 0. The molecule has 0 bridgehead atoms. The standard InChI is InChI=1S/C15H20FN3O/c1-18(2)15(20)11-19(3)10-13-6-7-14(16)9-12(13)5-4-8-17/h6-7,9H,8,10-11,17H2,1-3H3. The highest BCUT2D eigenvalue weighted by Crippen LogP contribution is 2.12. The fourth-order valence-corrected chi connectivity index (χ4v) is 1.67. The topological polar surface area (TPSA) is 49.6 Å². The Kier molecular flexibility index (Phi) is 6.16. The number of carbonyl (C=O) groups excluding carboxylic acids is 1. The van der Waals surface area contributed by atoms with E-state index >= 15 is 0 Å². The Morgan fingerprint density at radius 1 is 1.35 bits per heavy atom. The molecule has 2 N–H and O–H groups in total. The molecule has 0 aliphatic heterocycles. The van der Waals surface area contributed by atoms with Crippen molar-refractivity contribution in [2.45, 2.75) is 6.54 Å². The number of likely N-dealkylation sites (N-methyl/N-ethyl adjacent to an activating group) is 2. The summed E-state index contributed by atoms with van der Waals surface area (Å²) < 4.78 is 13.3. The Morgan fingerprint density at radius 2 is 2.05 bits per heavy atom. The van der Waals surface area contributed by atoms with Crippen LogP contribution in [0, 0.1) is 17.7 Å². The summed E-state index contributed by atoms with van der Waals surface area (Å²) in [6, 6.07) is 4.47. The number of benzene rings is 1. The van der Waals surface area contributed by atoms with Crippen LogP contribution in [0.3, 0.4) is 0 Å². The van der Waals surface area contributed by atoms with Crippen LogP contribution in [0.15, 0.2) is 18.2 Å². The molecule has 0 aliphatic carbocycles. The summed E-state index contributed by atoms with van der Waals surface area (Å²) in [7, 11) is 5.27. The average molecular weight is 277 g/mol. The van der Waals surface area contributed by atoms with Gasteiger partial charge in [-0.25, -0.2) is 4.39 Å². The lowest BCUT2D eigenvalue weighted by Gasteiger charge is -2.19. The maximum absolute atomic E-state index is 13.3. The molecule has 4 nitrogen and oxygen atoms in total. The number of carbonyl (C=O) groups is 1. The highest BCUT2D eigenvalue weighted by Gasteiger charge is 2.10. The van der Waals surface area contributed by atoms with Gasteiger partial charge in [0, 0.05) is 26.2 Å². The largest absolute Gasteiger partial charge is 0.348 e. The van der Waals surface area contributed by atoms with Crippen molar-refractivity contribution >= 4 is 5.91 Å². The van der Waals surface area contributed by atoms with Gasteiger partial charge >= 0.3 is 0 Å². The maximum atomic E-state index is 13.3. The van der Waals surface area contributed by atoms with E-state index in [1.165, 1.54) is 17.0 Å². The van der Waals surface area contributed by atoms with E-state index in [9.17, 15) is 9.18 Å². The maximum Gasteiger partial charge on any atom is 0.236 e. The zero-order valence-electron chi connectivity index (χ0n) is 12.1. The lowest BCUT2D eigenvalue weighted by molar-refractivity contribution is -0.129. The quantitative estimate of drug-likeness (QED) is 0.822. The lowest BCUT2D eigenvalue weighted by atomic mass is 10.1. The van der Waals surface area contributed by atoms with E-state index in [2.05, 4.69) is 11.8 Å². The first-order valence-electron chi connectivity index (χ1n) is 6.30. The van der Waals surface area contributed by atoms with Crippen LogP contribution in [0.4, 0.5) is 4.39 Å². The normalized spacial score (nSPS) is 10.1. The highest BCUT2D eigenvalue weighted by molar-refractivity contribution is 5.77. The predicted molar refractivity (Wildman–Crippen MR) is 77.4 cm³/mol. The third kappa shape index (κ3) is 5.00. The second-order valence-electron chi connectivity index (χ2n) is 4.77. The van der Waals surface area contributed by atoms with Crippen LogP contribution >= 0.6 is 0 Å². The molecule has 0 aromatic heterocycles. The first-order valence-corrected chi connectivity index (χ1v) is 6.30. The molecular formula is C15H20FN3O. The van der Waals surface area contributed by atoms with E-state index in [4.69, 9.17) is 5.73 Å². The molecular weight excluding hydrogens is 257 g/mol. The number of halogens is 1. The fourth-order valence-electron chi connectivity index (χ4n) is 1.67. The number of hydrogen-bond acceptors (Lipinski definition) is 3. The van der Waals surface area contributed by atoms with E-state index in [0.29, 0.717) is 18.7 Å². The van der Waals surface area contributed by atoms with Crippen LogP contribution < -0.4 is 5.73 Å². The third-order valence-electron chi connectivity index (χ3n) is 2.74. The molecule has 0 saturated heterocycles. The zero-order chi connectivity index (χ0) is 15.1. The summed E-state index contributed by atoms with van der Waals surface area (Å²) in [5, 5.41) is 0. The van der Waals surface area contributed by atoms with Gasteiger partial charge in [-0.2, -0.15) is 0 Å². The van der Waals surface area contributed by atoms with Crippen molar-refractivity contribution in [2.75, 3.05) is 34.2 Å². The van der Waals surface area contributed by atoms with Crippen LogP contribution in [-0.4, -0.2) is 49.9 Å². The van der Waals surface area contributed by atoms with Crippen LogP contribution in [0.5, 0.6) is 0 Å². The third-order valence-corrected chi connectivity index (χ3v) is 2.74. The van der Waals surface area contributed by atoms with E-state index < -0.39 is 0 Å². The predicted octanol–water partition coefficient (Wildman–Crippen LogP) is 0.656. The van der Waals surface area contributed by atoms with Crippen molar-refractivity contribution < 1.29 is 9.18 Å². The van der Waals surface area contributed by atoms with Crippen molar-refractivity contribution in [1.82, 2.24) is 9.80 Å². The van der Waals surface area contributed by atoms with Gasteiger partial charge in [0.1, 0.15) is 5.82 Å². The van der Waals surface area contributed by atoms with Gasteiger partial charge in [0.05, 0.1) is 13.1 Å². The highest BCUT2D eigenvalue weighted by atomic mass is 19.1. The van der Waals surface area contributed by atoms with Crippen LogP contribution in [0.1, 0.15) is 11.1 Å². The van der Waals surface area contributed by atoms with E-state index in [0.717, 1.165) is 5.56 Å². The molecule has 0 fully saturated rings. The van der Waals surface area contributed by atoms with Gasteiger partial charge in [-0.1, -0.05) is 17.9 Å². The first kappa shape index (κ1) is 16.2. The number of amides is 1. The number of hydrogen-bond donors (Lipinski definition) is 1. The zero-order valence-corrected chi connectivity index (χ0v) is 12.1. The second-order valence-corrected chi connectivity index (χ2v) is 4.77. The Balaban J connectivity index is 2.83. The molecule has 108 valence electrons. The minimum Gasteiger partial charge on any atom is -0.348 e. The Hall–Kier alpha value is -1.90. The average Bonchev–Trinajstić information content (AvgIpc) is 2.38. The SMILES string of the molecule is CN(CC(=O)N(C)C)Cc1ccc(F)cc1C#CCN. The van der Waals surface area contributed by atoms with E-state index in [-0.39, 0.29) is 18.3 Å². The fraction of sp³-hybridized carbons (Fsp3) is 0.400. The summed E-state index contributed by atoms with van der Waals surface area (Å²) in [6.07, 6.45) is 0. The van der Waals surface area contributed by atoms with Crippen molar-refractivity contribution in [3.05, 3.63) is 35.1 Å². The van der Waals surface area contributed by atoms with Crippen molar-refractivity contribution in [3.8, 4) is 11.8 Å². The Bertz CT molecular complexity index is 532. The first-order chi connectivity index (χ1) is 9.43. The van der Waals surface area contributed by atoms with Gasteiger partial charge in [0.15, 0.2) is 0 Å². The molecule has 5 heteroatoms. The Morgan fingerprint density at radius 3 is 2.65 bits per heavy atom. The lowest BCUT2D eigenvalue weighted by Crippen LogP contribution is -2.34. The summed E-state index contributed by atoms with van der Waals surface area (Å²) in [6.45, 7) is 1.05. The van der Waals surface area contributed by atoms with Gasteiger partial charge in [-0.05, 0) is 24.7 Å². The number of nitrogens with two attached hydrogens (primary N) is 1. The monoisotopic (exact) mass is 277 g/mol. The molecule has 1 amide bonds. The minimum atomic E-state index is -0.331.